The zero-order valence-corrected chi connectivity index (χ0v) is 10.8. The van der Waals surface area contributed by atoms with E-state index in [2.05, 4.69) is 26.9 Å². The molecule has 0 N–H and O–H groups in total. The van der Waals surface area contributed by atoms with E-state index < -0.39 is 0 Å². The average molecular weight is 243 g/mol. The lowest BCUT2D eigenvalue weighted by Crippen LogP contribution is -2.30. The highest BCUT2D eigenvalue weighted by Crippen LogP contribution is 2.38. The van der Waals surface area contributed by atoms with Gasteiger partial charge in [0, 0.05) is 45.0 Å². The molecule has 1 aromatic heterocycles. The van der Waals surface area contributed by atoms with E-state index in [1.54, 1.807) is 0 Å². The maximum Gasteiger partial charge on any atom is 0.0543 e. The van der Waals surface area contributed by atoms with E-state index in [1.165, 1.54) is 44.7 Å². The number of likely N-dealkylation sites (tertiary alicyclic amines) is 2. The van der Waals surface area contributed by atoms with Gasteiger partial charge in [-0.2, -0.15) is 0 Å². The molecule has 0 aromatic carbocycles. The lowest BCUT2D eigenvalue weighted by atomic mass is 10.0. The van der Waals surface area contributed by atoms with Crippen LogP contribution in [0.2, 0.25) is 0 Å². The molecule has 18 heavy (non-hydrogen) atoms. The Morgan fingerprint density at radius 3 is 2.44 bits per heavy atom. The number of hydrogen-bond acceptors (Lipinski definition) is 3. The summed E-state index contributed by atoms with van der Waals surface area (Å²) in [6, 6.07) is 7.19. The summed E-state index contributed by atoms with van der Waals surface area (Å²) in [6.45, 7) is 6.31. The van der Waals surface area contributed by atoms with Crippen molar-refractivity contribution in [2.75, 3.05) is 26.2 Å². The number of pyridine rings is 1. The largest absolute Gasteiger partial charge is 0.300 e. The molecule has 0 bridgehead atoms. The minimum Gasteiger partial charge on any atom is -0.300 e. The second kappa shape index (κ2) is 4.32. The number of fused-ring (bicyclic) bond motifs is 1. The van der Waals surface area contributed by atoms with Crippen molar-refractivity contribution in [1.29, 1.82) is 0 Å². The van der Waals surface area contributed by atoms with Gasteiger partial charge in [0.25, 0.3) is 0 Å². The summed E-state index contributed by atoms with van der Waals surface area (Å²) < 4.78 is 0. The molecule has 3 heteroatoms. The summed E-state index contributed by atoms with van der Waals surface area (Å²) in [5, 5.41) is 0. The molecule has 3 nitrogen and oxygen atoms in total. The Bertz CT molecular complexity index is 401. The van der Waals surface area contributed by atoms with Crippen molar-refractivity contribution in [1.82, 2.24) is 14.8 Å². The van der Waals surface area contributed by atoms with Crippen molar-refractivity contribution >= 4 is 0 Å². The predicted molar refractivity (Wildman–Crippen MR) is 71.1 cm³/mol. The van der Waals surface area contributed by atoms with Crippen LogP contribution in [0.25, 0.3) is 0 Å². The Kier molecular flexibility index (Phi) is 2.63. The molecule has 1 saturated carbocycles. The zero-order chi connectivity index (χ0) is 11.9. The zero-order valence-electron chi connectivity index (χ0n) is 10.8. The Morgan fingerprint density at radius 2 is 1.83 bits per heavy atom. The summed E-state index contributed by atoms with van der Waals surface area (Å²) in [6.07, 6.45) is 4.81. The van der Waals surface area contributed by atoms with Crippen LogP contribution in [0.1, 0.15) is 18.5 Å². The van der Waals surface area contributed by atoms with Gasteiger partial charge in [-0.15, -0.1) is 0 Å². The van der Waals surface area contributed by atoms with Crippen molar-refractivity contribution in [3.05, 3.63) is 30.1 Å². The highest BCUT2D eigenvalue weighted by Gasteiger charge is 2.44. The van der Waals surface area contributed by atoms with Crippen LogP contribution < -0.4 is 0 Å². The molecule has 0 radical (unpaired) electrons. The fourth-order valence-electron chi connectivity index (χ4n) is 3.71. The van der Waals surface area contributed by atoms with E-state index in [9.17, 15) is 0 Å². The molecule has 2 unspecified atom stereocenters. The van der Waals surface area contributed by atoms with Crippen LogP contribution in [0, 0.1) is 11.8 Å². The first-order valence-corrected chi connectivity index (χ1v) is 7.25. The van der Waals surface area contributed by atoms with Crippen molar-refractivity contribution in [3.8, 4) is 0 Å². The van der Waals surface area contributed by atoms with Gasteiger partial charge < -0.3 is 0 Å². The summed E-state index contributed by atoms with van der Waals surface area (Å²) in [5.41, 5.74) is 1.22. The first kappa shape index (κ1) is 10.9. The van der Waals surface area contributed by atoms with Crippen LogP contribution in [0.3, 0.4) is 0 Å². The van der Waals surface area contributed by atoms with Gasteiger partial charge in [0.1, 0.15) is 0 Å². The number of rotatable bonds is 3. The van der Waals surface area contributed by atoms with Gasteiger partial charge in [0.05, 0.1) is 5.69 Å². The van der Waals surface area contributed by atoms with Crippen LogP contribution in [-0.4, -0.2) is 47.0 Å². The van der Waals surface area contributed by atoms with E-state index >= 15 is 0 Å². The molecule has 4 rings (SSSR count). The van der Waals surface area contributed by atoms with Crippen molar-refractivity contribution in [3.63, 3.8) is 0 Å². The van der Waals surface area contributed by atoms with Crippen molar-refractivity contribution in [2.24, 2.45) is 11.8 Å². The highest BCUT2D eigenvalue weighted by molar-refractivity contribution is 5.05. The molecule has 2 aliphatic heterocycles. The second-order valence-corrected chi connectivity index (χ2v) is 6.22. The first-order chi connectivity index (χ1) is 8.88. The first-order valence-electron chi connectivity index (χ1n) is 7.25. The molecule has 2 atom stereocenters. The molecule has 0 amide bonds. The standard InChI is InChI=1S/C15H21N3/c1-2-6-16-14(3-1)11-17-7-12-9-18(15-4-5-15)10-13(12)8-17/h1-3,6,12-13,15H,4-5,7-11H2. The molecule has 0 spiro atoms. The normalized spacial score (nSPS) is 32.9. The SMILES string of the molecule is c1ccc(CN2CC3CN(C4CC4)CC3C2)nc1. The highest BCUT2D eigenvalue weighted by atomic mass is 15.3. The predicted octanol–water partition coefficient (Wildman–Crippen LogP) is 1.61. The molecule has 1 aliphatic carbocycles. The molecular weight excluding hydrogens is 222 g/mol. The summed E-state index contributed by atoms with van der Waals surface area (Å²) in [4.78, 5) is 9.78. The van der Waals surface area contributed by atoms with Crippen molar-refractivity contribution < 1.29 is 0 Å². The van der Waals surface area contributed by atoms with Crippen LogP contribution in [0.15, 0.2) is 24.4 Å². The van der Waals surface area contributed by atoms with Crippen LogP contribution in [-0.2, 0) is 6.54 Å². The third-order valence-electron chi connectivity index (χ3n) is 4.77. The topological polar surface area (TPSA) is 19.4 Å². The number of nitrogens with zero attached hydrogens (tertiary/aromatic N) is 3. The Labute approximate surface area is 109 Å². The summed E-state index contributed by atoms with van der Waals surface area (Å²) in [7, 11) is 0. The van der Waals surface area contributed by atoms with Gasteiger partial charge in [-0.1, -0.05) is 6.07 Å². The van der Waals surface area contributed by atoms with Crippen LogP contribution in [0.4, 0.5) is 0 Å². The fraction of sp³-hybridized carbons (Fsp3) is 0.667. The third-order valence-corrected chi connectivity index (χ3v) is 4.77. The quantitative estimate of drug-likeness (QED) is 0.804. The smallest absolute Gasteiger partial charge is 0.0543 e. The van der Waals surface area contributed by atoms with Gasteiger partial charge in [-0.25, -0.2) is 0 Å². The molecule has 3 fully saturated rings. The van der Waals surface area contributed by atoms with Crippen LogP contribution >= 0.6 is 0 Å². The summed E-state index contributed by atoms with van der Waals surface area (Å²) >= 11 is 0. The minimum absolute atomic E-state index is 0.925. The Morgan fingerprint density at radius 1 is 1.06 bits per heavy atom. The number of hydrogen-bond donors (Lipinski definition) is 0. The fourth-order valence-corrected chi connectivity index (χ4v) is 3.71. The average Bonchev–Trinajstić information content (AvgIpc) is 3.05. The van der Waals surface area contributed by atoms with Gasteiger partial charge in [0.15, 0.2) is 0 Å². The van der Waals surface area contributed by atoms with Gasteiger partial charge in [-0.05, 0) is 36.8 Å². The lowest BCUT2D eigenvalue weighted by molar-refractivity contribution is 0.244. The third kappa shape index (κ3) is 2.06. The van der Waals surface area contributed by atoms with E-state index in [1.807, 2.05) is 12.3 Å². The van der Waals surface area contributed by atoms with E-state index in [-0.39, 0.29) is 0 Å². The van der Waals surface area contributed by atoms with Gasteiger partial charge >= 0.3 is 0 Å². The monoisotopic (exact) mass is 243 g/mol. The molecular formula is C15H21N3. The molecule has 3 aliphatic rings. The summed E-state index contributed by atoms with van der Waals surface area (Å²) in [5.74, 6) is 1.85. The Balaban J connectivity index is 1.35. The minimum atomic E-state index is 0.925. The lowest BCUT2D eigenvalue weighted by Gasteiger charge is -2.20. The maximum atomic E-state index is 4.44. The molecule has 1 aromatic rings. The molecule has 96 valence electrons. The van der Waals surface area contributed by atoms with E-state index in [4.69, 9.17) is 0 Å². The number of aromatic nitrogens is 1. The van der Waals surface area contributed by atoms with E-state index in [0.29, 0.717) is 0 Å². The maximum absolute atomic E-state index is 4.44. The second-order valence-electron chi connectivity index (χ2n) is 6.22. The van der Waals surface area contributed by atoms with Gasteiger partial charge in [-0.3, -0.25) is 14.8 Å². The molecule has 2 saturated heterocycles. The van der Waals surface area contributed by atoms with Gasteiger partial charge in [0.2, 0.25) is 0 Å². The molecule has 3 heterocycles. The van der Waals surface area contributed by atoms with Crippen LogP contribution in [0.5, 0.6) is 0 Å². The van der Waals surface area contributed by atoms with E-state index in [0.717, 1.165) is 24.4 Å². The Hall–Kier alpha value is -0.930. The van der Waals surface area contributed by atoms with Crippen molar-refractivity contribution in [2.45, 2.75) is 25.4 Å².